The summed E-state index contributed by atoms with van der Waals surface area (Å²) >= 11 is 1.45. The van der Waals surface area contributed by atoms with Crippen LogP contribution >= 0.6 is 11.3 Å². The highest BCUT2D eigenvalue weighted by Crippen LogP contribution is 2.25. The van der Waals surface area contributed by atoms with Crippen LogP contribution in [0.4, 0.5) is 0 Å². The third-order valence-corrected chi connectivity index (χ3v) is 4.30. The molecule has 0 radical (unpaired) electrons. The molecule has 0 bridgehead atoms. The number of hydrogen-bond acceptors (Lipinski definition) is 6. The minimum atomic E-state index is -4.00. The van der Waals surface area contributed by atoms with Gasteiger partial charge in [0.2, 0.25) is 0 Å². The molecule has 9 heteroatoms. The highest BCUT2D eigenvalue weighted by atomic mass is 32.2. The molecule has 0 aliphatic rings. The quantitative estimate of drug-likeness (QED) is 0.784. The normalized spacial score (nSPS) is 11.7. The van der Waals surface area contributed by atoms with Gasteiger partial charge in [0.05, 0.1) is 10.7 Å². The average molecular weight is 321 g/mol. The van der Waals surface area contributed by atoms with Crippen molar-refractivity contribution < 1.29 is 8.42 Å². The number of aryl methyl sites for hydroxylation is 1. The standard InChI is InChI=1S/C12H11N5O2S2/c1-8-14-10(7-20-8)11-15-16-12(21(13,18)19)17(11)9-5-3-2-4-6-9/h2-7H,1H3,(H2,13,18,19). The van der Waals surface area contributed by atoms with E-state index in [1.54, 1.807) is 29.6 Å². The zero-order valence-electron chi connectivity index (χ0n) is 11.0. The molecule has 2 aromatic heterocycles. The maximum absolute atomic E-state index is 11.7. The van der Waals surface area contributed by atoms with Gasteiger partial charge in [0, 0.05) is 5.38 Å². The molecule has 21 heavy (non-hydrogen) atoms. The molecule has 0 spiro atoms. The lowest BCUT2D eigenvalue weighted by molar-refractivity contribution is 0.585. The van der Waals surface area contributed by atoms with Crippen molar-refractivity contribution in [3.63, 3.8) is 0 Å². The number of rotatable bonds is 3. The maximum Gasteiger partial charge on any atom is 0.274 e. The van der Waals surface area contributed by atoms with Gasteiger partial charge in [-0.25, -0.2) is 18.5 Å². The zero-order valence-corrected chi connectivity index (χ0v) is 12.6. The third kappa shape index (κ3) is 2.58. The number of nitrogens with two attached hydrogens (primary N) is 1. The van der Waals surface area contributed by atoms with E-state index in [0.717, 1.165) is 5.01 Å². The summed E-state index contributed by atoms with van der Waals surface area (Å²) in [4.78, 5) is 4.32. The Morgan fingerprint density at radius 1 is 1.19 bits per heavy atom. The van der Waals surface area contributed by atoms with Gasteiger partial charge in [0.25, 0.3) is 15.2 Å². The van der Waals surface area contributed by atoms with E-state index in [1.807, 2.05) is 13.0 Å². The van der Waals surface area contributed by atoms with Crippen molar-refractivity contribution in [2.75, 3.05) is 0 Å². The number of primary sulfonamides is 1. The molecule has 3 aromatic rings. The van der Waals surface area contributed by atoms with Gasteiger partial charge >= 0.3 is 0 Å². The molecule has 0 aliphatic carbocycles. The monoisotopic (exact) mass is 321 g/mol. The smallest absolute Gasteiger partial charge is 0.263 e. The van der Waals surface area contributed by atoms with E-state index in [9.17, 15) is 8.42 Å². The molecule has 0 fully saturated rings. The van der Waals surface area contributed by atoms with Crippen molar-refractivity contribution >= 4 is 21.4 Å². The maximum atomic E-state index is 11.7. The van der Waals surface area contributed by atoms with Crippen LogP contribution in [0, 0.1) is 6.92 Å². The van der Waals surface area contributed by atoms with Gasteiger partial charge in [-0.1, -0.05) is 18.2 Å². The van der Waals surface area contributed by atoms with Crippen LogP contribution in [0.1, 0.15) is 5.01 Å². The number of aromatic nitrogens is 4. The number of hydrogen-bond donors (Lipinski definition) is 1. The Balaban J connectivity index is 2.30. The molecule has 0 atom stereocenters. The molecular formula is C12H11N5O2S2. The Hall–Kier alpha value is -2.10. The molecule has 2 N–H and O–H groups in total. The molecule has 2 heterocycles. The lowest BCUT2D eigenvalue weighted by atomic mass is 10.3. The van der Waals surface area contributed by atoms with Crippen LogP contribution < -0.4 is 5.14 Å². The van der Waals surface area contributed by atoms with Crippen LogP contribution in [0.15, 0.2) is 40.9 Å². The number of para-hydroxylation sites is 1. The predicted molar refractivity (Wildman–Crippen MR) is 78.6 cm³/mol. The van der Waals surface area contributed by atoms with E-state index in [2.05, 4.69) is 15.2 Å². The van der Waals surface area contributed by atoms with Crippen LogP contribution in [0.2, 0.25) is 0 Å². The first kappa shape index (κ1) is 13.9. The van der Waals surface area contributed by atoms with Crippen molar-refractivity contribution in [1.29, 1.82) is 0 Å². The second-order valence-corrected chi connectivity index (χ2v) is 6.79. The fourth-order valence-electron chi connectivity index (χ4n) is 1.90. The molecule has 108 valence electrons. The molecule has 0 saturated carbocycles. The fourth-order valence-corrected chi connectivity index (χ4v) is 3.09. The second kappa shape index (κ2) is 5.02. The predicted octanol–water partition coefficient (Wildman–Crippen LogP) is 1.35. The summed E-state index contributed by atoms with van der Waals surface area (Å²) < 4.78 is 24.8. The number of nitrogens with zero attached hydrogens (tertiary/aromatic N) is 4. The van der Waals surface area contributed by atoms with Gasteiger partial charge in [-0.2, -0.15) is 0 Å². The highest BCUT2D eigenvalue weighted by Gasteiger charge is 2.24. The molecule has 0 amide bonds. The SMILES string of the molecule is Cc1nc(-c2nnc(S(N)(=O)=O)n2-c2ccccc2)cs1. The molecule has 0 saturated heterocycles. The molecule has 1 aromatic carbocycles. The number of thiazole rings is 1. The number of sulfonamides is 1. The summed E-state index contributed by atoms with van der Waals surface area (Å²) in [6.45, 7) is 1.86. The first-order valence-corrected chi connectivity index (χ1v) is 8.35. The lowest BCUT2D eigenvalue weighted by Gasteiger charge is -2.07. The van der Waals surface area contributed by atoms with Gasteiger partial charge in [-0.05, 0) is 19.1 Å². The van der Waals surface area contributed by atoms with Crippen molar-refractivity contribution in [2.24, 2.45) is 5.14 Å². The summed E-state index contributed by atoms with van der Waals surface area (Å²) in [6.07, 6.45) is 0. The second-order valence-electron chi connectivity index (χ2n) is 4.27. The molecule has 3 rings (SSSR count). The Morgan fingerprint density at radius 2 is 1.90 bits per heavy atom. The van der Waals surface area contributed by atoms with E-state index in [-0.39, 0.29) is 5.16 Å². The molecule has 7 nitrogen and oxygen atoms in total. The topological polar surface area (TPSA) is 104 Å². The van der Waals surface area contributed by atoms with E-state index < -0.39 is 10.0 Å². The Labute approximate surface area is 125 Å². The summed E-state index contributed by atoms with van der Waals surface area (Å²) in [6, 6.07) is 8.91. The highest BCUT2D eigenvalue weighted by molar-refractivity contribution is 7.89. The van der Waals surface area contributed by atoms with Crippen LogP contribution in [0.3, 0.4) is 0 Å². The van der Waals surface area contributed by atoms with Gasteiger partial charge in [-0.3, -0.25) is 4.57 Å². The van der Waals surface area contributed by atoms with Crippen LogP contribution in [0.5, 0.6) is 0 Å². The van der Waals surface area contributed by atoms with Crippen molar-refractivity contribution in [3.8, 4) is 17.2 Å². The van der Waals surface area contributed by atoms with E-state index in [4.69, 9.17) is 5.14 Å². The van der Waals surface area contributed by atoms with Crippen LogP contribution in [-0.2, 0) is 10.0 Å². The van der Waals surface area contributed by atoms with Crippen molar-refractivity contribution in [3.05, 3.63) is 40.7 Å². The third-order valence-electron chi connectivity index (χ3n) is 2.75. The lowest BCUT2D eigenvalue weighted by Crippen LogP contribution is -2.18. The van der Waals surface area contributed by atoms with E-state index in [0.29, 0.717) is 17.2 Å². The fraction of sp³-hybridized carbons (Fsp3) is 0.0833. The van der Waals surface area contributed by atoms with Gasteiger partial charge in [0.15, 0.2) is 5.82 Å². The van der Waals surface area contributed by atoms with E-state index >= 15 is 0 Å². The first-order chi connectivity index (χ1) is 9.97. The molecule has 0 aliphatic heterocycles. The Bertz CT molecular complexity index is 884. The molecular weight excluding hydrogens is 310 g/mol. The summed E-state index contributed by atoms with van der Waals surface area (Å²) in [7, 11) is -4.00. The van der Waals surface area contributed by atoms with Gasteiger partial charge < -0.3 is 0 Å². The summed E-state index contributed by atoms with van der Waals surface area (Å²) in [5.74, 6) is 0.342. The average Bonchev–Trinajstić information content (AvgIpc) is 3.04. The van der Waals surface area contributed by atoms with Crippen molar-refractivity contribution in [2.45, 2.75) is 12.1 Å². The van der Waals surface area contributed by atoms with Crippen LogP contribution in [0.25, 0.3) is 17.2 Å². The minimum Gasteiger partial charge on any atom is -0.263 e. The largest absolute Gasteiger partial charge is 0.274 e. The first-order valence-electron chi connectivity index (χ1n) is 5.93. The van der Waals surface area contributed by atoms with Crippen molar-refractivity contribution in [1.82, 2.24) is 19.7 Å². The minimum absolute atomic E-state index is 0.311. The molecule has 0 unspecified atom stereocenters. The summed E-state index contributed by atoms with van der Waals surface area (Å²) in [5, 5.41) is 15.2. The zero-order chi connectivity index (χ0) is 15.0. The van der Waals surface area contributed by atoms with Gasteiger partial charge in [0.1, 0.15) is 5.69 Å². The van der Waals surface area contributed by atoms with Crippen LogP contribution in [-0.4, -0.2) is 28.2 Å². The summed E-state index contributed by atoms with van der Waals surface area (Å²) in [5.41, 5.74) is 1.16. The number of benzene rings is 1. The Morgan fingerprint density at radius 3 is 2.48 bits per heavy atom. The van der Waals surface area contributed by atoms with E-state index in [1.165, 1.54) is 15.9 Å². The Kier molecular flexibility index (Phi) is 3.32. The van der Waals surface area contributed by atoms with Gasteiger partial charge in [-0.15, -0.1) is 21.5 Å².